The fourth-order valence-corrected chi connectivity index (χ4v) is 1.85. The Morgan fingerprint density at radius 1 is 1.14 bits per heavy atom. The van der Waals surface area contributed by atoms with Gasteiger partial charge in [0.25, 0.3) is 0 Å². The van der Waals surface area contributed by atoms with E-state index in [1.165, 1.54) is 0 Å². The number of unbranched alkanes of at least 4 members (excludes halogenated alkanes) is 2. The first-order chi connectivity index (χ1) is 9.76. The SMILES string of the molecule is CCOC(=O)CCc1ccc(OCCCCCN)cc1.Cl. The summed E-state index contributed by atoms with van der Waals surface area (Å²) in [6, 6.07) is 7.88. The molecular weight excluding hydrogens is 290 g/mol. The van der Waals surface area contributed by atoms with E-state index in [0.717, 1.165) is 43.7 Å². The molecule has 0 atom stereocenters. The topological polar surface area (TPSA) is 61.5 Å². The molecule has 0 aliphatic rings. The van der Waals surface area contributed by atoms with Gasteiger partial charge < -0.3 is 15.2 Å². The lowest BCUT2D eigenvalue weighted by Gasteiger charge is -2.07. The van der Waals surface area contributed by atoms with E-state index in [9.17, 15) is 4.79 Å². The van der Waals surface area contributed by atoms with Crippen molar-refractivity contribution >= 4 is 18.4 Å². The van der Waals surface area contributed by atoms with Crippen LogP contribution in [0.4, 0.5) is 0 Å². The predicted octanol–water partition coefficient (Wildman–Crippen LogP) is 3.11. The Morgan fingerprint density at radius 3 is 2.48 bits per heavy atom. The summed E-state index contributed by atoms with van der Waals surface area (Å²) in [4.78, 5) is 11.3. The highest BCUT2D eigenvalue weighted by molar-refractivity contribution is 5.85. The summed E-state index contributed by atoms with van der Waals surface area (Å²) in [7, 11) is 0. The summed E-state index contributed by atoms with van der Waals surface area (Å²) in [6.07, 6.45) is 4.31. The Kier molecular flexibility index (Phi) is 11.7. The van der Waals surface area contributed by atoms with Crippen LogP contribution >= 0.6 is 12.4 Å². The first-order valence-electron chi connectivity index (χ1n) is 7.33. The summed E-state index contributed by atoms with van der Waals surface area (Å²) >= 11 is 0. The summed E-state index contributed by atoms with van der Waals surface area (Å²) in [5.41, 5.74) is 6.55. The molecule has 0 aromatic heterocycles. The number of carbonyl (C=O) groups excluding carboxylic acids is 1. The molecule has 21 heavy (non-hydrogen) atoms. The van der Waals surface area contributed by atoms with Crippen molar-refractivity contribution in [3.63, 3.8) is 0 Å². The van der Waals surface area contributed by atoms with E-state index in [-0.39, 0.29) is 18.4 Å². The molecule has 0 spiro atoms. The number of aryl methyl sites for hydroxylation is 1. The van der Waals surface area contributed by atoms with Gasteiger partial charge in [-0.25, -0.2) is 0 Å². The van der Waals surface area contributed by atoms with Crippen molar-refractivity contribution in [2.45, 2.75) is 39.0 Å². The van der Waals surface area contributed by atoms with E-state index < -0.39 is 0 Å². The molecule has 120 valence electrons. The minimum Gasteiger partial charge on any atom is -0.494 e. The van der Waals surface area contributed by atoms with Gasteiger partial charge in [0.1, 0.15) is 5.75 Å². The van der Waals surface area contributed by atoms with Crippen LogP contribution in [0.3, 0.4) is 0 Å². The maximum absolute atomic E-state index is 11.3. The number of nitrogens with two attached hydrogens (primary N) is 1. The van der Waals surface area contributed by atoms with E-state index in [1.54, 1.807) is 0 Å². The summed E-state index contributed by atoms with van der Waals surface area (Å²) in [6.45, 7) is 3.73. The number of rotatable bonds is 10. The predicted molar refractivity (Wildman–Crippen MR) is 87.0 cm³/mol. The second-order valence-electron chi connectivity index (χ2n) is 4.65. The normalized spacial score (nSPS) is 9.81. The van der Waals surface area contributed by atoms with Crippen molar-refractivity contribution in [1.29, 1.82) is 0 Å². The van der Waals surface area contributed by atoms with Gasteiger partial charge in [-0.15, -0.1) is 12.4 Å². The lowest BCUT2D eigenvalue weighted by atomic mass is 10.1. The Labute approximate surface area is 133 Å². The lowest BCUT2D eigenvalue weighted by Crippen LogP contribution is -2.05. The number of carbonyl (C=O) groups is 1. The number of ether oxygens (including phenoxy) is 2. The van der Waals surface area contributed by atoms with Gasteiger partial charge in [-0.3, -0.25) is 4.79 Å². The van der Waals surface area contributed by atoms with Crippen LogP contribution in [0.5, 0.6) is 5.75 Å². The molecule has 0 radical (unpaired) electrons. The van der Waals surface area contributed by atoms with Crippen molar-refractivity contribution in [2.24, 2.45) is 5.73 Å². The smallest absolute Gasteiger partial charge is 0.306 e. The molecule has 0 unspecified atom stereocenters. The van der Waals surface area contributed by atoms with Gasteiger partial charge in [0.05, 0.1) is 13.2 Å². The zero-order valence-electron chi connectivity index (χ0n) is 12.7. The van der Waals surface area contributed by atoms with Gasteiger partial charge in [-0.2, -0.15) is 0 Å². The fraction of sp³-hybridized carbons (Fsp3) is 0.562. The van der Waals surface area contributed by atoms with Crippen LogP contribution in [-0.4, -0.2) is 25.7 Å². The average molecular weight is 316 g/mol. The van der Waals surface area contributed by atoms with Crippen LogP contribution in [0.15, 0.2) is 24.3 Å². The van der Waals surface area contributed by atoms with Crippen LogP contribution in [0, 0.1) is 0 Å². The summed E-state index contributed by atoms with van der Waals surface area (Å²) in [5.74, 6) is 0.727. The van der Waals surface area contributed by atoms with Crippen LogP contribution in [0.1, 0.15) is 38.2 Å². The highest BCUT2D eigenvalue weighted by Gasteiger charge is 2.02. The number of benzene rings is 1. The molecule has 0 bridgehead atoms. The van der Waals surface area contributed by atoms with E-state index >= 15 is 0 Å². The van der Waals surface area contributed by atoms with Crippen molar-refractivity contribution in [3.05, 3.63) is 29.8 Å². The van der Waals surface area contributed by atoms with Crippen molar-refractivity contribution < 1.29 is 14.3 Å². The first kappa shape index (κ1) is 19.7. The first-order valence-corrected chi connectivity index (χ1v) is 7.33. The van der Waals surface area contributed by atoms with Gasteiger partial charge in [0.2, 0.25) is 0 Å². The molecule has 0 aliphatic carbocycles. The molecule has 1 aromatic rings. The van der Waals surface area contributed by atoms with E-state index in [1.807, 2.05) is 31.2 Å². The second-order valence-corrected chi connectivity index (χ2v) is 4.65. The molecular formula is C16H26ClNO3. The third kappa shape index (κ3) is 9.32. The zero-order valence-corrected chi connectivity index (χ0v) is 13.5. The second kappa shape index (κ2) is 12.5. The van der Waals surface area contributed by atoms with Crippen molar-refractivity contribution in [3.8, 4) is 5.75 Å². The van der Waals surface area contributed by atoms with E-state index in [4.69, 9.17) is 15.2 Å². The molecule has 0 saturated carbocycles. The zero-order chi connectivity index (χ0) is 14.6. The van der Waals surface area contributed by atoms with E-state index in [2.05, 4.69) is 0 Å². The number of hydrogen-bond acceptors (Lipinski definition) is 4. The number of halogens is 1. The number of hydrogen-bond donors (Lipinski definition) is 1. The van der Waals surface area contributed by atoms with E-state index in [0.29, 0.717) is 19.4 Å². The average Bonchev–Trinajstić information content (AvgIpc) is 2.46. The molecule has 1 aromatic carbocycles. The van der Waals surface area contributed by atoms with Gasteiger partial charge >= 0.3 is 5.97 Å². The van der Waals surface area contributed by atoms with Crippen LogP contribution < -0.4 is 10.5 Å². The molecule has 0 saturated heterocycles. The van der Waals surface area contributed by atoms with Crippen molar-refractivity contribution in [2.75, 3.05) is 19.8 Å². The third-order valence-corrected chi connectivity index (χ3v) is 2.96. The maximum Gasteiger partial charge on any atom is 0.306 e. The highest BCUT2D eigenvalue weighted by atomic mass is 35.5. The summed E-state index contributed by atoms with van der Waals surface area (Å²) in [5, 5.41) is 0. The summed E-state index contributed by atoms with van der Waals surface area (Å²) < 4.78 is 10.5. The Balaban J connectivity index is 0.00000400. The number of esters is 1. The minimum absolute atomic E-state index is 0. The van der Waals surface area contributed by atoms with Gasteiger partial charge in [0, 0.05) is 6.42 Å². The molecule has 5 heteroatoms. The molecule has 2 N–H and O–H groups in total. The van der Waals surface area contributed by atoms with Gasteiger partial charge in [-0.1, -0.05) is 12.1 Å². The fourth-order valence-electron chi connectivity index (χ4n) is 1.85. The molecule has 0 heterocycles. The quantitative estimate of drug-likeness (QED) is 0.532. The van der Waals surface area contributed by atoms with Crippen molar-refractivity contribution in [1.82, 2.24) is 0 Å². The highest BCUT2D eigenvalue weighted by Crippen LogP contribution is 2.14. The third-order valence-electron chi connectivity index (χ3n) is 2.96. The Morgan fingerprint density at radius 2 is 1.86 bits per heavy atom. The molecule has 4 nitrogen and oxygen atoms in total. The molecule has 0 fully saturated rings. The lowest BCUT2D eigenvalue weighted by molar-refractivity contribution is -0.143. The Bertz CT molecular complexity index is 382. The van der Waals surface area contributed by atoms with Crippen LogP contribution in [-0.2, 0) is 16.0 Å². The van der Waals surface area contributed by atoms with Gasteiger partial charge in [-0.05, 0) is 56.8 Å². The monoisotopic (exact) mass is 315 g/mol. The van der Waals surface area contributed by atoms with Gasteiger partial charge in [0.15, 0.2) is 0 Å². The van der Waals surface area contributed by atoms with Crippen LogP contribution in [0.25, 0.3) is 0 Å². The molecule has 0 aliphatic heterocycles. The molecule has 0 amide bonds. The largest absolute Gasteiger partial charge is 0.494 e. The van der Waals surface area contributed by atoms with Crippen LogP contribution in [0.2, 0.25) is 0 Å². The maximum atomic E-state index is 11.3. The minimum atomic E-state index is -0.146. The standard InChI is InChI=1S/C16H25NO3.ClH/c1-2-19-16(18)11-8-14-6-9-15(10-7-14)20-13-5-3-4-12-17;/h6-7,9-10H,2-5,8,11-13,17H2,1H3;1H. The molecule has 1 rings (SSSR count). The Hall–Kier alpha value is -1.26.